The molecule has 5 rings (SSSR count). The minimum atomic E-state index is -0.137. The van der Waals surface area contributed by atoms with Gasteiger partial charge in [-0.1, -0.05) is 0 Å². The molecule has 1 saturated carbocycles. The van der Waals surface area contributed by atoms with E-state index in [1.54, 1.807) is 0 Å². The summed E-state index contributed by atoms with van der Waals surface area (Å²) in [7, 11) is 0. The van der Waals surface area contributed by atoms with E-state index in [2.05, 4.69) is 17.9 Å². The molecule has 32 heavy (non-hydrogen) atoms. The molecule has 3 unspecified atom stereocenters. The molecular weight excluding hydrogens is 447 g/mol. The highest BCUT2D eigenvalue weighted by molar-refractivity contribution is 6.30. The van der Waals surface area contributed by atoms with E-state index in [1.165, 1.54) is 0 Å². The molecule has 5 atom stereocenters. The second kappa shape index (κ2) is 8.99. The second-order valence-electron chi connectivity index (χ2n) is 9.70. The molecule has 0 spiro atoms. The van der Waals surface area contributed by atoms with Crippen LogP contribution in [0.1, 0.15) is 62.2 Å². The highest BCUT2D eigenvalue weighted by Crippen LogP contribution is 2.37. The maximum atomic E-state index is 13.5. The van der Waals surface area contributed by atoms with Crippen LogP contribution in [-0.4, -0.2) is 61.8 Å². The fourth-order valence-electron chi connectivity index (χ4n) is 5.52. The van der Waals surface area contributed by atoms with E-state index in [-0.39, 0.29) is 34.7 Å². The number of fused-ring (bicyclic) bond motifs is 1. The first-order valence-electron chi connectivity index (χ1n) is 11.9. The van der Waals surface area contributed by atoms with Crippen LogP contribution in [0, 0.1) is 12.8 Å². The average molecular weight is 479 g/mol. The summed E-state index contributed by atoms with van der Waals surface area (Å²) < 4.78 is 1.86. The number of carbonyl (C=O) groups is 1. The minimum absolute atomic E-state index is 0.00980. The number of aryl methyl sites for hydroxylation is 1. The lowest BCUT2D eigenvalue weighted by molar-refractivity contribution is -0.140. The van der Waals surface area contributed by atoms with Crippen LogP contribution in [0.2, 0.25) is 0 Å². The number of piperidine rings is 1. The Morgan fingerprint density at radius 3 is 2.72 bits per heavy atom. The molecule has 2 aromatic heterocycles. The number of hydrogen-bond donors (Lipinski definition) is 1. The second-order valence-corrected chi connectivity index (χ2v) is 10.8. The van der Waals surface area contributed by atoms with Crippen molar-refractivity contribution >= 4 is 40.6 Å². The van der Waals surface area contributed by atoms with E-state index < -0.39 is 0 Å². The Balaban J connectivity index is 1.40. The number of nitrogens with zero attached hydrogens (tertiary/aromatic N) is 5. The number of halogens is 2. The lowest BCUT2D eigenvalue weighted by atomic mass is 9.86. The van der Waals surface area contributed by atoms with Crippen molar-refractivity contribution in [3.05, 3.63) is 23.5 Å². The molecule has 2 aliphatic heterocycles. The summed E-state index contributed by atoms with van der Waals surface area (Å²) in [6, 6.07) is 2.25. The maximum Gasteiger partial charge on any atom is 0.226 e. The number of nitrogens with two attached hydrogens (primary N) is 1. The summed E-state index contributed by atoms with van der Waals surface area (Å²) in [6.07, 6.45) is 8.35. The molecular formula is C23H32Cl2N6O. The third-order valence-corrected chi connectivity index (χ3v) is 8.45. The van der Waals surface area contributed by atoms with E-state index in [4.69, 9.17) is 39.0 Å². The molecule has 174 valence electrons. The Morgan fingerprint density at radius 2 is 1.97 bits per heavy atom. The third kappa shape index (κ3) is 4.19. The number of anilines is 1. The highest BCUT2D eigenvalue weighted by atomic mass is 35.5. The highest BCUT2D eigenvalue weighted by Gasteiger charge is 2.38. The van der Waals surface area contributed by atoms with Gasteiger partial charge in [-0.3, -0.25) is 4.79 Å². The van der Waals surface area contributed by atoms with Crippen LogP contribution >= 0.6 is 23.2 Å². The summed E-state index contributed by atoms with van der Waals surface area (Å²) >= 11 is 12.7. The lowest BCUT2D eigenvalue weighted by Gasteiger charge is -2.39. The topological polar surface area (TPSA) is 79.8 Å². The summed E-state index contributed by atoms with van der Waals surface area (Å²) in [5.74, 6) is 1.15. The van der Waals surface area contributed by atoms with Gasteiger partial charge in [0.15, 0.2) is 5.65 Å². The van der Waals surface area contributed by atoms with Gasteiger partial charge in [0.25, 0.3) is 0 Å². The number of likely N-dealkylation sites (tertiary alicyclic amines) is 1. The number of aromatic nitrogens is 3. The average Bonchev–Trinajstić information content (AvgIpc) is 3.40. The molecule has 1 aliphatic carbocycles. The zero-order valence-electron chi connectivity index (χ0n) is 18.6. The molecule has 2 saturated heterocycles. The molecule has 4 heterocycles. The largest absolute Gasteiger partial charge is 0.355 e. The zero-order valence-corrected chi connectivity index (χ0v) is 20.1. The SMILES string of the molecule is Cc1cn2nc([C@@H]3CCCCN3C(=O)C3CCC(Cl)C(Cl)C3)cc2nc1N1CC[C@H](N)C1. The van der Waals surface area contributed by atoms with Crippen molar-refractivity contribution in [2.24, 2.45) is 11.7 Å². The van der Waals surface area contributed by atoms with Crippen molar-refractivity contribution in [2.45, 2.75) is 74.7 Å². The predicted molar refractivity (Wildman–Crippen MR) is 127 cm³/mol. The van der Waals surface area contributed by atoms with Crippen molar-refractivity contribution in [3.63, 3.8) is 0 Å². The van der Waals surface area contributed by atoms with Gasteiger partial charge in [-0.15, -0.1) is 23.2 Å². The van der Waals surface area contributed by atoms with Gasteiger partial charge in [-0.2, -0.15) is 5.10 Å². The monoisotopic (exact) mass is 478 g/mol. The molecule has 0 bridgehead atoms. The van der Waals surface area contributed by atoms with E-state index >= 15 is 0 Å². The van der Waals surface area contributed by atoms with Crippen molar-refractivity contribution in [2.75, 3.05) is 24.5 Å². The summed E-state index contributed by atoms with van der Waals surface area (Å²) in [5.41, 5.74) is 8.94. The number of rotatable bonds is 3. The molecule has 7 nitrogen and oxygen atoms in total. The minimum Gasteiger partial charge on any atom is -0.355 e. The number of hydrogen-bond acceptors (Lipinski definition) is 5. The lowest BCUT2D eigenvalue weighted by Crippen LogP contribution is -2.44. The van der Waals surface area contributed by atoms with Crippen LogP contribution in [-0.2, 0) is 4.79 Å². The van der Waals surface area contributed by atoms with Gasteiger partial charge in [0.2, 0.25) is 5.91 Å². The van der Waals surface area contributed by atoms with E-state index in [9.17, 15) is 4.79 Å². The van der Waals surface area contributed by atoms with Crippen LogP contribution < -0.4 is 10.6 Å². The first kappa shape index (κ1) is 22.2. The zero-order chi connectivity index (χ0) is 22.4. The van der Waals surface area contributed by atoms with Gasteiger partial charge >= 0.3 is 0 Å². The fraction of sp³-hybridized carbons (Fsp3) is 0.696. The Morgan fingerprint density at radius 1 is 1.12 bits per heavy atom. The van der Waals surface area contributed by atoms with Gasteiger partial charge < -0.3 is 15.5 Å². The van der Waals surface area contributed by atoms with Crippen molar-refractivity contribution < 1.29 is 4.79 Å². The summed E-state index contributed by atoms with van der Waals surface area (Å²) in [5, 5.41) is 4.68. The molecule has 3 aliphatic rings. The number of carbonyl (C=O) groups excluding carboxylic acids is 1. The van der Waals surface area contributed by atoms with Crippen LogP contribution in [0.15, 0.2) is 12.3 Å². The van der Waals surface area contributed by atoms with Gasteiger partial charge in [0.1, 0.15) is 5.82 Å². The quantitative estimate of drug-likeness (QED) is 0.680. The van der Waals surface area contributed by atoms with Gasteiger partial charge in [0.05, 0.1) is 17.1 Å². The molecule has 0 aromatic carbocycles. The van der Waals surface area contributed by atoms with Gasteiger partial charge in [-0.25, -0.2) is 9.50 Å². The van der Waals surface area contributed by atoms with Crippen molar-refractivity contribution in [3.8, 4) is 0 Å². The summed E-state index contributed by atoms with van der Waals surface area (Å²) in [4.78, 5) is 22.7. The molecule has 9 heteroatoms. The van der Waals surface area contributed by atoms with Crippen LogP contribution in [0.5, 0.6) is 0 Å². The number of amides is 1. The molecule has 2 N–H and O–H groups in total. The Bertz CT molecular complexity index is 996. The van der Waals surface area contributed by atoms with E-state index in [0.717, 1.165) is 80.9 Å². The smallest absolute Gasteiger partial charge is 0.226 e. The normalized spacial score (nSPS) is 31.4. The fourth-order valence-corrected chi connectivity index (χ4v) is 6.09. The maximum absolute atomic E-state index is 13.5. The van der Waals surface area contributed by atoms with Gasteiger partial charge in [-0.05, 0) is 51.9 Å². The van der Waals surface area contributed by atoms with E-state index in [0.29, 0.717) is 6.42 Å². The standard InChI is InChI=1S/C23H32Cl2N6O/c1-14-12-31-21(27-22(14)29-9-7-16(26)13-29)11-19(28-31)20-4-2-3-8-30(20)23(32)15-5-6-17(24)18(25)10-15/h11-12,15-18,20H,2-10,13,26H2,1H3/t15?,16-,17?,18?,20-/m0/s1. The van der Waals surface area contributed by atoms with Crippen LogP contribution in [0.4, 0.5) is 5.82 Å². The molecule has 2 aromatic rings. The Kier molecular flexibility index (Phi) is 6.25. The predicted octanol–water partition coefficient (Wildman–Crippen LogP) is 3.64. The number of alkyl halides is 2. The third-order valence-electron chi connectivity index (χ3n) is 7.32. The summed E-state index contributed by atoms with van der Waals surface area (Å²) in [6.45, 7) is 4.61. The Labute approximate surface area is 199 Å². The van der Waals surface area contributed by atoms with E-state index in [1.807, 2.05) is 15.6 Å². The first-order valence-corrected chi connectivity index (χ1v) is 12.7. The van der Waals surface area contributed by atoms with Gasteiger partial charge in [0, 0.05) is 54.8 Å². The van der Waals surface area contributed by atoms with Crippen LogP contribution in [0.3, 0.4) is 0 Å². The Hall–Kier alpha value is -1.57. The first-order chi connectivity index (χ1) is 15.4. The van der Waals surface area contributed by atoms with Crippen molar-refractivity contribution in [1.29, 1.82) is 0 Å². The van der Waals surface area contributed by atoms with Crippen molar-refractivity contribution in [1.82, 2.24) is 19.5 Å². The van der Waals surface area contributed by atoms with Crippen LogP contribution in [0.25, 0.3) is 5.65 Å². The molecule has 1 amide bonds. The molecule has 0 radical (unpaired) electrons. The molecule has 3 fully saturated rings.